The monoisotopic (exact) mass is 422 g/mol. The van der Waals surface area contributed by atoms with Gasteiger partial charge in [0.05, 0.1) is 0 Å². The lowest BCUT2D eigenvalue weighted by atomic mass is 10.0. The molecule has 0 spiro atoms. The minimum Gasteiger partial charge on any atom is -0.355 e. The molecule has 2 fully saturated rings. The molecule has 0 bridgehead atoms. The molecule has 0 aliphatic carbocycles. The molecule has 7 heteroatoms. The Balaban J connectivity index is 1.37. The van der Waals surface area contributed by atoms with E-state index in [1.54, 1.807) is 0 Å². The highest BCUT2D eigenvalue weighted by Crippen LogP contribution is 2.23. The van der Waals surface area contributed by atoms with Crippen molar-refractivity contribution in [3.8, 4) is 0 Å². The molecule has 0 aromatic heterocycles. The van der Waals surface area contributed by atoms with E-state index < -0.39 is 0 Å². The average molecular weight is 423 g/mol. The van der Waals surface area contributed by atoms with E-state index in [1.807, 2.05) is 17.0 Å². The van der Waals surface area contributed by atoms with Crippen LogP contribution in [0.25, 0.3) is 0 Å². The van der Waals surface area contributed by atoms with Crippen molar-refractivity contribution >= 4 is 27.7 Å². The SMILES string of the molecule is O=C(NCCCN1CCCCCC1=O)C1CC(c2ccc(Br)cc2)NN1. The molecule has 142 valence electrons. The van der Waals surface area contributed by atoms with Gasteiger partial charge in [-0.05, 0) is 43.4 Å². The second-order valence-electron chi connectivity index (χ2n) is 7.02. The lowest BCUT2D eigenvalue weighted by molar-refractivity contribution is -0.130. The first kappa shape index (κ1) is 19.3. The maximum Gasteiger partial charge on any atom is 0.238 e. The number of benzene rings is 1. The van der Waals surface area contributed by atoms with Crippen molar-refractivity contribution in [2.45, 2.75) is 50.6 Å². The summed E-state index contributed by atoms with van der Waals surface area (Å²) >= 11 is 3.44. The first-order valence-electron chi connectivity index (χ1n) is 9.45. The largest absolute Gasteiger partial charge is 0.355 e. The first-order chi connectivity index (χ1) is 12.6. The molecular formula is C19H27BrN4O2. The van der Waals surface area contributed by atoms with Crippen molar-refractivity contribution in [1.82, 2.24) is 21.1 Å². The van der Waals surface area contributed by atoms with E-state index in [2.05, 4.69) is 44.2 Å². The smallest absolute Gasteiger partial charge is 0.238 e. The molecule has 0 radical (unpaired) electrons. The van der Waals surface area contributed by atoms with Crippen LogP contribution in [0.1, 0.15) is 50.1 Å². The van der Waals surface area contributed by atoms with Crippen molar-refractivity contribution in [2.75, 3.05) is 19.6 Å². The number of nitrogens with one attached hydrogen (secondary N) is 3. The van der Waals surface area contributed by atoms with Crippen molar-refractivity contribution in [3.05, 3.63) is 34.3 Å². The van der Waals surface area contributed by atoms with Crippen LogP contribution in [0.5, 0.6) is 0 Å². The lowest BCUT2D eigenvalue weighted by Crippen LogP contribution is -2.44. The molecule has 2 aliphatic heterocycles. The molecule has 2 unspecified atom stereocenters. The van der Waals surface area contributed by atoms with Crippen LogP contribution in [0.15, 0.2) is 28.7 Å². The topological polar surface area (TPSA) is 73.5 Å². The molecule has 26 heavy (non-hydrogen) atoms. The standard InChI is InChI=1S/C19H27BrN4O2/c20-15-8-6-14(7-9-15)16-13-17(23-22-16)19(26)21-10-4-12-24-11-3-1-2-5-18(24)25/h6-9,16-17,22-23H,1-5,10-13H2,(H,21,26). The van der Waals surface area contributed by atoms with Gasteiger partial charge in [0.1, 0.15) is 6.04 Å². The molecule has 1 aromatic rings. The molecule has 2 heterocycles. The summed E-state index contributed by atoms with van der Waals surface area (Å²) < 4.78 is 1.05. The summed E-state index contributed by atoms with van der Waals surface area (Å²) in [5.41, 5.74) is 7.45. The number of amides is 2. The molecule has 0 saturated carbocycles. The fourth-order valence-electron chi connectivity index (χ4n) is 3.52. The molecule has 2 amide bonds. The maximum absolute atomic E-state index is 12.3. The number of hydrogen-bond donors (Lipinski definition) is 3. The molecule has 3 N–H and O–H groups in total. The van der Waals surface area contributed by atoms with E-state index in [9.17, 15) is 9.59 Å². The summed E-state index contributed by atoms with van der Waals surface area (Å²) in [6.45, 7) is 2.19. The van der Waals surface area contributed by atoms with Crippen molar-refractivity contribution < 1.29 is 9.59 Å². The third-order valence-corrected chi connectivity index (χ3v) is 5.60. The van der Waals surface area contributed by atoms with Crippen LogP contribution in [0.3, 0.4) is 0 Å². The van der Waals surface area contributed by atoms with Gasteiger partial charge in [0.15, 0.2) is 0 Å². The van der Waals surface area contributed by atoms with Crippen LogP contribution in [0, 0.1) is 0 Å². The Labute approximate surface area is 163 Å². The number of likely N-dealkylation sites (tertiary alicyclic amines) is 1. The number of rotatable bonds is 6. The van der Waals surface area contributed by atoms with E-state index in [0.717, 1.165) is 55.2 Å². The summed E-state index contributed by atoms with van der Waals surface area (Å²) in [4.78, 5) is 26.2. The number of halogens is 1. The first-order valence-corrected chi connectivity index (χ1v) is 10.2. The summed E-state index contributed by atoms with van der Waals surface area (Å²) in [5, 5.41) is 2.99. The Hall–Kier alpha value is -1.44. The molecular weight excluding hydrogens is 396 g/mol. The highest BCUT2D eigenvalue weighted by molar-refractivity contribution is 9.10. The third kappa shape index (κ3) is 5.28. The molecule has 2 aliphatic rings. The Kier molecular flexibility index (Phi) is 7.05. The highest BCUT2D eigenvalue weighted by atomic mass is 79.9. The number of carbonyl (C=O) groups excluding carboxylic acids is 2. The Morgan fingerprint density at radius 3 is 2.81 bits per heavy atom. The fourth-order valence-corrected chi connectivity index (χ4v) is 3.79. The number of hydrazine groups is 1. The van der Waals surface area contributed by atoms with Gasteiger partial charge in [-0.25, -0.2) is 10.9 Å². The molecule has 2 saturated heterocycles. The predicted molar refractivity (Wildman–Crippen MR) is 104 cm³/mol. The number of carbonyl (C=O) groups is 2. The minimum absolute atomic E-state index is 0.0132. The van der Waals surface area contributed by atoms with Gasteiger partial charge in [-0.3, -0.25) is 9.59 Å². The summed E-state index contributed by atoms with van der Waals surface area (Å²) in [5.74, 6) is 0.270. The lowest BCUT2D eigenvalue weighted by Gasteiger charge is -2.20. The van der Waals surface area contributed by atoms with Gasteiger partial charge in [0.25, 0.3) is 0 Å². The summed E-state index contributed by atoms with van der Waals surface area (Å²) in [6.07, 6.45) is 5.42. The quantitative estimate of drug-likeness (QED) is 0.614. The van der Waals surface area contributed by atoms with Crippen LogP contribution in [-0.4, -0.2) is 42.4 Å². The summed E-state index contributed by atoms with van der Waals surface area (Å²) in [6, 6.07) is 8.03. The Bertz CT molecular complexity index is 622. The van der Waals surface area contributed by atoms with E-state index in [-0.39, 0.29) is 23.9 Å². The van der Waals surface area contributed by atoms with Crippen LogP contribution in [0.4, 0.5) is 0 Å². The summed E-state index contributed by atoms with van der Waals surface area (Å²) in [7, 11) is 0. The van der Waals surface area contributed by atoms with Gasteiger partial charge in [-0.1, -0.05) is 34.5 Å². The van der Waals surface area contributed by atoms with Crippen molar-refractivity contribution in [1.29, 1.82) is 0 Å². The van der Waals surface area contributed by atoms with Gasteiger partial charge in [-0.15, -0.1) is 0 Å². The van der Waals surface area contributed by atoms with Gasteiger partial charge in [0.2, 0.25) is 11.8 Å². The number of hydrogen-bond acceptors (Lipinski definition) is 4. The molecule has 2 atom stereocenters. The Morgan fingerprint density at radius 1 is 1.19 bits per heavy atom. The van der Waals surface area contributed by atoms with Crippen LogP contribution < -0.4 is 16.2 Å². The van der Waals surface area contributed by atoms with E-state index in [0.29, 0.717) is 13.0 Å². The van der Waals surface area contributed by atoms with E-state index in [1.165, 1.54) is 0 Å². The second kappa shape index (κ2) is 9.48. The minimum atomic E-state index is -0.233. The predicted octanol–water partition coefficient (Wildman–Crippen LogP) is 2.27. The third-order valence-electron chi connectivity index (χ3n) is 5.07. The van der Waals surface area contributed by atoms with Crippen molar-refractivity contribution in [3.63, 3.8) is 0 Å². The second-order valence-corrected chi connectivity index (χ2v) is 7.93. The maximum atomic E-state index is 12.3. The zero-order valence-corrected chi connectivity index (χ0v) is 16.6. The van der Waals surface area contributed by atoms with Crippen LogP contribution in [-0.2, 0) is 9.59 Å². The highest BCUT2D eigenvalue weighted by Gasteiger charge is 2.29. The fraction of sp³-hybridized carbons (Fsp3) is 0.579. The molecule has 3 rings (SSSR count). The van der Waals surface area contributed by atoms with Crippen LogP contribution >= 0.6 is 15.9 Å². The van der Waals surface area contributed by atoms with Gasteiger partial charge in [0, 0.05) is 36.6 Å². The Morgan fingerprint density at radius 2 is 2.00 bits per heavy atom. The van der Waals surface area contributed by atoms with Gasteiger partial charge in [-0.2, -0.15) is 0 Å². The molecule has 6 nitrogen and oxygen atoms in total. The normalized spacial score (nSPS) is 23.7. The molecule has 1 aromatic carbocycles. The van der Waals surface area contributed by atoms with Gasteiger partial charge >= 0.3 is 0 Å². The van der Waals surface area contributed by atoms with Crippen molar-refractivity contribution in [2.24, 2.45) is 0 Å². The zero-order valence-electron chi connectivity index (χ0n) is 15.0. The average Bonchev–Trinajstić information content (AvgIpc) is 3.04. The zero-order chi connectivity index (χ0) is 18.4. The van der Waals surface area contributed by atoms with Crippen LogP contribution in [0.2, 0.25) is 0 Å². The van der Waals surface area contributed by atoms with Gasteiger partial charge < -0.3 is 10.2 Å². The number of nitrogens with zero attached hydrogens (tertiary/aromatic N) is 1. The van der Waals surface area contributed by atoms with E-state index >= 15 is 0 Å². The van der Waals surface area contributed by atoms with E-state index in [4.69, 9.17) is 0 Å².